The Morgan fingerprint density at radius 1 is 0.976 bits per heavy atom. The minimum atomic E-state index is -0.645. The van der Waals surface area contributed by atoms with E-state index in [0.717, 1.165) is 27.6 Å². The van der Waals surface area contributed by atoms with Crippen LogP contribution in [0.3, 0.4) is 0 Å². The van der Waals surface area contributed by atoms with Gasteiger partial charge in [-0.15, -0.1) is 10.2 Å². The van der Waals surface area contributed by atoms with Crippen molar-refractivity contribution < 1.29 is 14.3 Å². The van der Waals surface area contributed by atoms with Crippen LogP contribution in [0.2, 0.25) is 0 Å². The summed E-state index contributed by atoms with van der Waals surface area (Å²) in [6, 6.07) is 23.9. The smallest absolute Gasteiger partial charge is 0.252 e. The number of nitrogens with zero attached hydrogens (tertiary/aromatic N) is 4. The quantitative estimate of drug-likeness (QED) is 0.272. The van der Waals surface area contributed by atoms with E-state index in [-0.39, 0.29) is 12.0 Å². The molecule has 2 N–H and O–H groups in total. The molecule has 0 saturated carbocycles. The number of fused-ring (bicyclic) bond motifs is 1. The van der Waals surface area contributed by atoms with Gasteiger partial charge in [-0.05, 0) is 43.2 Å². The zero-order valence-electron chi connectivity index (χ0n) is 22.9. The number of carbonyl (C=O) groups excluding carboxylic acids is 1. The molecular formula is C32H30N6O3. The van der Waals surface area contributed by atoms with Crippen LogP contribution in [0, 0.1) is 0 Å². The lowest BCUT2D eigenvalue weighted by Gasteiger charge is -2.17. The van der Waals surface area contributed by atoms with Gasteiger partial charge in [-0.2, -0.15) is 0 Å². The van der Waals surface area contributed by atoms with Crippen LogP contribution in [0.4, 0.5) is 5.82 Å². The second-order valence-corrected chi connectivity index (χ2v) is 10.3. The SMILES string of the molecule is CC1(C)OCC(CNC(=O)c2cncc(-c3nnc(NCc4ccccn4)c4c(-c5ccccc5)cccc34)c2)O1. The monoisotopic (exact) mass is 546 g/mol. The van der Waals surface area contributed by atoms with E-state index in [0.29, 0.717) is 42.3 Å². The maximum absolute atomic E-state index is 13.0. The predicted molar refractivity (Wildman–Crippen MR) is 157 cm³/mol. The summed E-state index contributed by atoms with van der Waals surface area (Å²) in [6.45, 7) is 4.98. The Morgan fingerprint density at radius 2 is 1.83 bits per heavy atom. The first-order valence-electron chi connectivity index (χ1n) is 13.5. The molecule has 9 heteroatoms. The van der Waals surface area contributed by atoms with Gasteiger partial charge in [0.05, 0.1) is 24.4 Å². The fraction of sp³-hybridized carbons (Fsp3) is 0.219. The van der Waals surface area contributed by atoms with Gasteiger partial charge in [-0.3, -0.25) is 14.8 Å². The molecule has 6 rings (SSSR count). The summed E-state index contributed by atoms with van der Waals surface area (Å²) < 4.78 is 11.4. The summed E-state index contributed by atoms with van der Waals surface area (Å²) in [5, 5.41) is 17.4. The number of anilines is 1. The van der Waals surface area contributed by atoms with Gasteiger partial charge in [0, 0.05) is 41.5 Å². The fourth-order valence-electron chi connectivity index (χ4n) is 4.95. The Morgan fingerprint density at radius 3 is 2.61 bits per heavy atom. The Labute approximate surface area is 238 Å². The number of hydrogen-bond donors (Lipinski definition) is 2. The van der Waals surface area contributed by atoms with Crippen LogP contribution in [0.1, 0.15) is 29.9 Å². The molecule has 1 aliphatic heterocycles. The van der Waals surface area contributed by atoms with Gasteiger partial charge in [-0.25, -0.2) is 0 Å². The van der Waals surface area contributed by atoms with E-state index in [1.54, 1.807) is 24.7 Å². The molecule has 9 nitrogen and oxygen atoms in total. The van der Waals surface area contributed by atoms with E-state index >= 15 is 0 Å². The van der Waals surface area contributed by atoms with Gasteiger partial charge in [0.25, 0.3) is 5.91 Å². The Kier molecular flexibility index (Phi) is 7.37. The second kappa shape index (κ2) is 11.4. The molecule has 206 valence electrons. The second-order valence-electron chi connectivity index (χ2n) is 10.3. The summed E-state index contributed by atoms with van der Waals surface area (Å²) in [5.41, 5.74) is 4.73. The third-order valence-corrected chi connectivity index (χ3v) is 6.89. The first-order chi connectivity index (χ1) is 20.0. The zero-order valence-corrected chi connectivity index (χ0v) is 22.9. The molecule has 1 atom stereocenters. The molecule has 4 heterocycles. The topological polar surface area (TPSA) is 111 Å². The minimum Gasteiger partial charge on any atom is -0.362 e. The molecule has 41 heavy (non-hydrogen) atoms. The van der Waals surface area contributed by atoms with Crippen molar-refractivity contribution in [3.8, 4) is 22.4 Å². The zero-order chi connectivity index (χ0) is 28.2. The van der Waals surface area contributed by atoms with E-state index in [1.807, 2.05) is 62.4 Å². The van der Waals surface area contributed by atoms with E-state index < -0.39 is 5.79 Å². The molecular weight excluding hydrogens is 516 g/mol. The van der Waals surface area contributed by atoms with Gasteiger partial charge >= 0.3 is 0 Å². The molecule has 1 aliphatic rings. The predicted octanol–water partition coefficient (Wildman–Crippen LogP) is 5.25. The number of nitrogens with one attached hydrogen (secondary N) is 2. The van der Waals surface area contributed by atoms with Crippen molar-refractivity contribution in [2.45, 2.75) is 32.3 Å². The van der Waals surface area contributed by atoms with Gasteiger partial charge in [0.1, 0.15) is 11.8 Å². The van der Waals surface area contributed by atoms with Crippen LogP contribution < -0.4 is 10.6 Å². The molecule has 3 aromatic heterocycles. The number of carbonyl (C=O) groups is 1. The van der Waals surface area contributed by atoms with E-state index in [4.69, 9.17) is 9.47 Å². The summed E-state index contributed by atoms with van der Waals surface area (Å²) in [7, 11) is 0. The fourth-order valence-corrected chi connectivity index (χ4v) is 4.95. The number of benzene rings is 2. The largest absolute Gasteiger partial charge is 0.362 e. The highest BCUT2D eigenvalue weighted by molar-refractivity contribution is 6.08. The lowest BCUT2D eigenvalue weighted by Crippen LogP contribution is -2.34. The highest BCUT2D eigenvalue weighted by Gasteiger charge is 2.32. The molecule has 1 fully saturated rings. The minimum absolute atomic E-state index is 0.206. The van der Waals surface area contributed by atoms with Crippen LogP contribution in [-0.2, 0) is 16.0 Å². The maximum Gasteiger partial charge on any atom is 0.252 e. The lowest BCUT2D eigenvalue weighted by molar-refractivity contribution is -0.137. The summed E-state index contributed by atoms with van der Waals surface area (Å²) in [6.07, 6.45) is 4.81. The molecule has 2 aromatic carbocycles. The number of rotatable bonds is 8. The van der Waals surface area contributed by atoms with E-state index in [9.17, 15) is 4.79 Å². The van der Waals surface area contributed by atoms with Crippen molar-refractivity contribution in [1.82, 2.24) is 25.5 Å². The highest BCUT2D eigenvalue weighted by atomic mass is 16.7. The summed E-state index contributed by atoms with van der Waals surface area (Å²) >= 11 is 0. The van der Waals surface area contributed by atoms with Crippen molar-refractivity contribution in [2.24, 2.45) is 0 Å². The lowest BCUT2D eigenvalue weighted by atomic mass is 9.96. The first-order valence-corrected chi connectivity index (χ1v) is 13.5. The van der Waals surface area contributed by atoms with E-state index in [2.05, 4.69) is 49.0 Å². The molecule has 0 spiro atoms. The van der Waals surface area contributed by atoms with Crippen LogP contribution in [0.5, 0.6) is 0 Å². The van der Waals surface area contributed by atoms with Gasteiger partial charge in [0.2, 0.25) is 0 Å². The summed E-state index contributed by atoms with van der Waals surface area (Å²) in [5.74, 6) is -0.241. The normalized spacial score (nSPS) is 16.0. The summed E-state index contributed by atoms with van der Waals surface area (Å²) in [4.78, 5) is 21.8. The average molecular weight is 547 g/mol. The number of aromatic nitrogens is 4. The van der Waals surface area contributed by atoms with Crippen molar-refractivity contribution in [3.63, 3.8) is 0 Å². The van der Waals surface area contributed by atoms with Crippen LogP contribution in [0.15, 0.2) is 91.4 Å². The molecule has 1 saturated heterocycles. The molecule has 1 unspecified atom stereocenters. The molecule has 0 radical (unpaired) electrons. The number of ether oxygens (including phenoxy) is 2. The standard InChI is InChI=1S/C32H30N6O3/c1-32(2)40-20-25(41-32)19-36-31(39)23-15-22(16-33-17-23)29-27-13-8-12-26(21-9-4-3-5-10-21)28(27)30(38-37-29)35-18-24-11-6-7-14-34-24/h3-17,25H,18-20H2,1-2H3,(H,35,38)(H,36,39). The van der Waals surface area contributed by atoms with Gasteiger partial charge in [0.15, 0.2) is 11.6 Å². The first kappa shape index (κ1) is 26.5. The highest BCUT2D eigenvalue weighted by Crippen LogP contribution is 2.37. The van der Waals surface area contributed by atoms with Crippen LogP contribution in [-0.4, -0.2) is 51.1 Å². The Balaban J connectivity index is 1.35. The molecule has 0 bridgehead atoms. The Bertz CT molecular complexity index is 1680. The number of pyridine rings is 2. The molecule has 0 aliphatic carbocycles. The van der Waals surface area contributed by atoms with Gasteiger partial charge in [-0.1, -0.05) is 54.6 Å². The van der Waals surface area contributed by atoms with Crippen molar-refractivity contribution in [2.75, 3.05) is 18.5 Å². The van der Waals surface area contributed by atoms with E-state index in [1.165, 1.54) is 0 Å². The van der Waals surface area contributed by atoms with Crippen LogP contribution in [0.25, 0.3) is 33.2 Å². The van der Waals surface area contributed by atoms with Crippen LogP contribution >= 0.6 is 0 Å². The van der Waals surface area contributed by atoms with Crippen molar-refractivity contribution >= 4 is 22.5 Å². The van der Waals surface area contributed by atoms with Gasteiger partial charge < -0.3 is 20.1 Å². The average Bonchev–Trinajstić information content (AvgIpc) is 3.37. The maximum atomic E-state index is 13.0. The van der Waals surface area contributed by atoms with Crippen molar-refractivity contribution in [1.29, 1.82) is 0 Å². The number of hydrogen-bond acceptors (Lipinski definition) is 8. The third-order valence-electron chi connectivity index (χ3n) is 6.89. The molecule has 1 amide bonds. The Hall–Kier alpha value is -4.73. The van der Waals surface area contributed by atoms with Crippen molar-refractivity contribution in [3.05, 3.63) is 103 Å². The third kappa shape index (κ3) is 5.91. The number of amides is 1. The molecule has 5 aromatic rings.